The topological polar surface area (TPSA) is 0 Å². The molecule has 0 fully saturated rings. The molecule has 0 aliphatic heterocycles. The minimum absolute atomic E-state index is 0.0809. The van der Waals surface area contributed by atoms with Crippen molar-refractivity contribution < 1.29 is 26.3 Å². The van der Waals surface area contributed by atoms with Gasteiger partial charge in [-0.3, -0.25) is 0 Å². The van der Waals surface area contributed by atoms with Gasteiger partial charge in [0, 0.05) is 11.6 Å². The molecule has 2 aromatic carbocycles. The van der Waals surface area contributed by atoms with Gasteiger partial charge in [-0.2, -0.15) is 0 Å². The van der Waals surface area contributed by atoms with Crippen LogP contribution in [0.25, 0.3) is 10.8 Å². The second kappa shape index (κ2) is 3.65. The molecule has 2 rings (SSSR count). The Hall–Kier alpha value is -1.72. The Morgan fingerprint density at radius 2 is 1.24 bits per heavy atom. The van der Waals surface area contributed by atoms with E-state index in [4.69, 9.17) is 0 Å². The quantitative estimate of drug-likeness (QED) is 0.490. The third-order valence-electron chi connectivity index (χ3n) is 2.46. The lowest BCUT2D eigenvalue weighted by Crippen LogP contribution is -2.02. The fourth-order valence-corrected chi connectivity index (χ4v) is 1.57. The molecule has 0 aliphatic rings. The zero-order valence-electron chi connectivity index (χ0n) is 8.35. The Bertz CT molecular complexity index is 632. The van der Waals surface area contributed by atoms with Crippen LogP contribution in [0.1, 0.15) is 5.56 Å². The normalized spacial score (nSPS) is 11.2. The van der Waals surface area contributed by atoms with Crippen LogP contribution in [0.3, 0.4) is 0 Å². The molecule has 17 heavy (non-hydrogen) atoms. The van der Waals surface area contributed by atoms with E-state index in [1.54, 1.807) is 0 Å². The zero-order valence-corrected chi connectivity index (χ0v) is 8.35. The molecule has 2 aromatic rings. The smallest absolute Gasteiger partial charge is 0.170 e. The van der Waals surface area contributed by atoms with E-state index in [0.717, 1.165) is 6.92 Å². The molecule has 0 aliphatic carbocycles. The molecule has 0 bridgehead atoms. The molecule has 6 heteroatoms. The number of fused-ring (bicyclic) bond motifs is 1. The number of hydrogen-bond acceptors (Lipinski definition) is 0. The maximum absolute atomic E-state index is 13.5. The first-order valence-electron chi connectivity index (χ1n) is 4.46. The van der Waals surface area contributed by atoms with Crippen LogP contribution in [0.4, 0.5) is 26.3 Å². The highest BCUT2D eigenvalue weighted by Crippen LogP contribution is 2.32. The van der Waals surface area contributed by atoms with Crippen LogP contribution < -0.4 is 0 Å². The van der Waals surface area contributed by atoms with Gasteiger partial charge in [0.25, 0.3) is 0 Å². The van der Waals surface area contributed by atoms with E-state index in [-0.39, 0.29) is 6.07 Å². The average molecular weight is 250 g/mol. The van der Waals surface area contributed by atoms with Crippen LogP contribution in [0.5, 0.6) is 0 Å². The van der Waals surface area contributed by atoms with Crippen molar-refractivity contribution >= 4 is 10.8 Å². The van der Waals surface area contributed by atoms with Crippen LogP contribution in [0.2, 0.25) is 0 Å². The van der Waals surface area contributed by atoms with Gasteiger partial charge in [0.15, 0.2) is 23.3 Å². The second-order valence-electron chi connectivity index (χ2n) is 3.47. The van der Waals surface area contributed by atoms with Gasteiger partial charge in [-0.25, -0.2) is 26.3 Å². The van der Waals surface area contributed by atoms with Gasteiger partial charge in [-0.15, -0.1) is 0 Å². The highest BCUT2D eigenvalue weighted by molar-refractivity contribution is 5.86. The van der Waals surface area contributed by atoms with Crippen molar-refractivity contribution in [1.82, 2.24) is 0 Å². The van der Waals surface area contributed by atoms with Crippen molar-refractivity contribution in [3.63, 3.8) is 0 Å². The van der Waals surface area contributed by atoms with E-state index in [0.29, 0.717) is 0 Å². The molecule has 0 saturated carbocycles. The minimum Gasteiger partial charge on any atom is -0.206 e. The number of halogens is 6. The molecule has 0 radical (unpaired) electrons. The van der Waals surface area contributed by atoms with Crippen LogP contribution >= 0.6 is 0 Å². The number of benzene rings is 2. The summed E-state index contributed by atoms with van der Waals surface area (Å²) in [6.45, 7) is 0.869. The summed E-state index contributed by atoms with van der Waals surface area (Å²) in [6, 6.07) is 0.0809. The van der Waals surface area contributed by atoms with E-state index in [1.165, 1.54) is 0 Å². The molecule has 0 aromatic heterocycles. The van der Waals surface area contributed by atoms with Gasteiger partial charge in [0.2, 0.25) is 0 Å². The van der Waals surface area contributed by atoms with Crippen LogP contribution in [0.15, 0.2) is 6.07 Å². The maximum atomic E-state index is 13.5. The second-order valence-corrected chi connectivity index (χ2v) is 3.47. The van der Waals surface area contributed by atoms with Crippen molar-refractivity contribution in [2.45, 2.75) is 6.92 Å². The van der Waals surface area contributed by atoms with E-state index >= 15 is 0 Å². The van der Waals surface area contributed by atoms with Gasteiger partial charge < -0.3 is 0 Å². The molecule has 0 unspecified atom stereocenters. The first kappa shape index (κ1) is 11.8. The van der Waals surface area contributed by atoms with E-state index in [1.807, 2.05) is 0 Å². The third-order valence-corrected chi connectivity index (χ3v) is 2.46. The molecular weight excluding hydrogens is 246 g/mol. The predicted molar refractivity (Wildman–Crippen MR) is 48.4 cm³/mol. The Morgan fingerprint density at radius 3 is 1.82 bits per heavy atom. The molecular formula is C11H4F6. The van der Waals surface area contributed by atoms with Gasteiger partial charge in [0.05, 0.1) is 10.8 Å². The van der Waals surface area contributed by atoms with E-state index in [2.05, 4.69) is 0 Å². The van der Waals surface area contributed by atoms with Gasteiger partial charge >= 0.3 is 0 Å². The first-order valence-corrected chi connectivity index (χ1v) is 4.46. The van der Waals surface area contributed by atoms with E-state index < -0.39 is 51.2 Å². The van der Waals surface area contributed by atoms with E-state index in [9.17, 15) is 26.3 Å². The third kappa shape index (κ3) is 1.47. The summed E-state index contributed by atoms with van der Waals surface area (Å²) in [5, 5.41) is -2.46. The van der Waals surface area contributed by atoms with Crippen LogP contribution in [-0.4, -0.2) is 0 Å². The lowest BCUT2D eigenvalue weighted by atomic mass is 10.0. The van der Waals surface area contributed by atoms with Crippen molar-refractivity contribution in [1.29, 1.82) is 0 Å². The lowest BCUT2D eigenvalue weighted by Gasteiger charge is -2.08. The summed E-state index contributed by atoms with van der Waals surface area (Å²) >= 11 is 0. The Labute approximate surface area is 91.5 Å². The molecule has 0 atom stereocenters. The van der Waals surface area contributed by atoms with Crippen molar-refractivity contribution in [3.05, 3.63) is 46.5 Å². The summed E-state index contributed by atoms with van der Waals surface area (Å²) in [5.74, 6) is -9.95. The predicted octanol–water partition coefficient (Wildman–Crippen LogP) is 3.98. The Morgan fingerprint density at radius 1 is 0.647 bits per heavy atom. The molecule has 0 saturated heterocycles. The standard InChI is InChI=1S/C11H4F6/c1-3-8(14)6-4(12)2-5(13)10(16)7(6)11(17)9(3)15/h2H,1H3. The van der Waals surface area contributed by atoms with Gasteiger partial charge in [0.1, 0.15) is 11.6 Å². The maximum Gasteiger partial charge on any atom is 0.170 e. The van der Waals surface area contributed by atoms with Crippen LogP contribution in [-0.2, 0) is 0 Å². The van der Waals surface area contributed by atoms with Crippen molar-refractivity contribution in [3.8, 4) is 0 Å². The zero-order chi connectivity index (χ0) is 12.9. The molecule has 0 N–H and O–H groups in total. The van der Waals surface area contributed by atoms with Gasteiger partial charge in [-0.05, 0) is 6.92 Å². The minimum atomic E-state index is -1.82. The fraction of sp³-hybridized carbons (Fsp3) is 0.0909. The van der Waals surface area contributed by atoms with Crippen LogP contribution in [0, 0.1) is 41.8 Å². The highest BCUT2D eigenvalue weighted by Gasteiger charge is 2.24. The molecule has 0 spiro atoms. The SMILES string of the molecule is Cc1c(F)c(F)c2c(F)c(F)cc(F)c2c1F. The molecule has 0 amide bonds. The summed E-state index contributed by atoms with van der Waals surface area (Å²) in [4.78, 5) is 0. The highest BCUT2D eigenvalue weighted by atomic mass is 19.2. The van der Waals surface area contributed by atoms with Crippen molar-refractivity contribution in [2.24, 2.45) is 0 Å². The fourth-order valence-electron chi connectivity index (χ4n) is 1.57. The Kier molecular flexibility index (Phi) is 2.52. The molecule has 90 valence electrons. The average Bonchev–Trinajstić information content (AvgIpc) is 2.28. The summed E-state index contributed by atoms with van der Waals surface area (Å²) in [5.41, 5.74) is -0.792. The largest absolute Gasteiger partial charge is 0.206 e. The summed E-state index contributed by atoms with van der Waals surface area (Å²) in [6.07, 6.45) is 0. The first-order chi connectivity index (χ1) is 7.86. The summed E-state index contributed by atoms with van der Waals surface area (Å²) < 4.78 is 79.2. The monoisotopic (exact) mass is 250 g/mol. The molecule has 0 nitrogen and oxygen atoms in total. The van der Waals surface area contributed by atoms with Gasteiger partial charge in [-0.1, -0.05) is 0 Å². The van der Waals surface area contributed by atoms with Crippen molar-refractivity contribution in [2.75, 3.05) is 0 Å². The Balaban J connectivity index is 3.17. The summed E-state index contributed by atoms with van der Waals surface area (Å²) in [7, 11) is 0. The molecule has 0 heterocycles. The number of rotatable bonds is 0. The lowest BCUT2D eigenvalue weighted by molar-refractivity contribution is 0.474. The number of hydrogen-bond donors (Lipinski definition) is 0.